The van der Waals surface area contributed by atoms with Gasteiger partial charge in [-0.25, -0.2) is 9.97 Å². The molecule has 0 radical (unpaired) electrons. The van der Waals surface area contributed by atoms with Crippen molar-refractivity contribution in [3.63, 3.8) is 0 Å². The first kappa shape index (κ1) is 16.5. The second-order valence-corrected chi connectivity index (χ2v) is 7.01. The zero-order chi connectivity index (χ0) is 18.1. The Morgan fingerprint density at radius 2 is 2.23 bits per heavy atom. The van der Waals surface area contributed by atoms with E-state index in [9.17, 15) is 4.79 Å². The quantitative estimate of drug-likeness (QED) is 0.785. The maximum Gasteiger partial charge on any atom is 0.274 e. The summed E-state index contributed by atoms with van der Waals surface area (Å²) in [7, 11) is 1.88. The van der Waals surface area contributed by atoms with Gasteiger partial charge in [-0.15, -0.1) is 0 Å². The zero-order valence-electron chi connectivity index (χ0n) is 15.0. The molecule has 3 aromatic heterocycles. The van der Waals surface area contributed by atoms with E-state index < -0.39 is 0 Å². The highest BCUT2D eigenvalue weighted by Gasteiger charge is 2.37. The molecule has 0 saturated carbocycles. The minimum atomic E-state index is -0.208. The minimum Gasteiger partial charge on any atom is -0.371 e. The van der Waals surface area contributed by atoms with Gasteiger partial charge in [-0.05, 0) is 25.0 Å². The third kappa shape index (κ3) is 2.79. The smallest absolute Gasteiger partial charge is 0.274 e. The number of carbonyl (C=O) groups excluding carboxylic acids is 1. The number of likely N-dealkylation sites (tertiary alicyclic amines) is 1. The fourth-order valence-corrected chi connectivity index (χ4v) is 3.71. The molecule has 7 heteroatoms. The number of amides is 1. The highest BCUT2D eigenvalue weighted by molar-refractivity contribution is 5.92. The Kier molecular flexibility index (Phi) is 4.06. The van der Waals surface area contributed by atoms with Gasteiger partial charge in [0.2, 0.25) is 0 Å². The predicted octanol–water partition coefficient (Wildman–Crippen LogP) is 2.36. The van der Waals surface area contributed by atoms with E-state index in [1.165, 1.54) is 6.20 Å². The Morgan fingerprint density at radius 1 is 1.35 bits per heavy atom. The fraction of sp³-hybridized carbons (Fsp3) is 0.368. The topological polar surface area (TPSA) is 75.4 Å². The highest BCUT2D eigenvalue weighted by atomic mass is 16.2. The molecule has 1 fully saturated rings. The lowest BCUT2D eigenvalue weighted by Gasteiger charge is -2.40. The van der Waals surface area contributed by atoms with Gasteiger partial charge < -0.3 is 14.6 Å². The predicted molar refractivity (Wildman–Crippen MR) is 99.3 cm³/mol. The molecule has 0 bridgehead atoms. The van der Waals surface area contributed by atoms with Crippen molar-refractivity contribution in [2.75, 3.05) is 25.5 Å². The summed E-state index contributed by atoms with van der Waals surface area (Å²) < 4.78 is 2.09. The van der Waals surface area contributed by atoms with E-state index in [-0.39, 0.29) is 11.3 Å². The standard InChI is InChI=1S/C19H22N6O/c1-19(16-12-24-9-3-5-15(24)17(20-2)23-16)6-4-10-25(13-19)18(26)14-11-21-7-8-22-14/h3,5,7-9,11-12H,4,6,10,13H2,1-2H3,(H,20,23). The van der Waals surface area contributed by atoms with E-state index >= 15 is 0 Å². The number of fused-ring (bicyclic) bond motifs is 1. The van der Waals surface area contributed by atoms with Crippen LogP contribution in [0.2, 0.25) is 0 Å². The summed E-state index contributed by atoms with van der Waals surface area (Å²) in [6.45, 7) is 3.53. The van der Waals surface area contributed by atoms with E-state index in [2.05, 4.69) is 32.8 Å². The molecule has 1 amide bonds. The molecule has 134 valence electrons. The molecule has 1 N–H and O–H groups in total. The molecule has 4 rings (SSSR count). The van der Waals surface area contributed by atoms with Gasteiger partial charge in [0, 0.05) is 50.3 Å². The van der Waals surface area contributed by atoms with Crippen LogP contribution in [0, 0.1) is 0 Å². The van der Waals surface area contributed by atoms with E-state index in [4.69, 9.17) is 4.98 Å². The molecule has 3 aromatic rings. The van der Waals surface area contributed by atoms with Crippen LogP contribution in [0.15, 0.2) is 43.1 Å². The number of carbonyl (C=O) groups is 1. The summed E-state index contributed by atoms with van der Waals surface area (Å²) >= 11 is 0. The summed E-state index contributed by atoms with van der Waals surface area (Å²) in [6.07, 6.45) is 10.7. The lowest BCUT2D eigenvalue weighted by atomic mass is 9.79. The van der Waals surface area contributed by atoms with Crippen LogP contribution in [-0.4, -0.2) is 50.3 Å². The van der Waals surface area contributed by atoms with E-state index in [1.807, 2.05) is 30.3 Å². The fourth-order valence-electron chi connectivity index (χ4n) is 3.71. The normalized spacial score (nSPS) is 20.3. The molecular weight excluding hydrogens is 328 g/mol. The summed E-state index contributed by atoms with van der Waals surface area (Å²) in [6, 6.07) is 4.05. The Balaban J connectivity index is 1.66. The number of aromatic nitrogens is 4. The van der Waals surface area contributed by atoms with Gasteiger partial charge in [0.1, 0.15) is 11.5 Å². The van der Waals surface area contributed by atoms with Crippen molar-refractivity contribution in [3.8, 4) is 0 Å². The van der Waals surface area contributed by atoms with Crippen LogP contribution >= 0.6 is 0 Å². The monoisotopic (exact) mass is 350 g/mol. The number of piperidine rings is 1. The maximum atomic E-state index is 12.8. The molecule has 1 atom stereocenters. The molecule has 0 aromatic carbocycles. The van der Waals surface area contributed by atoms with Crippen LogP contribution in [0.3, 0.4) is 0 Å². The molecule has 0 spiro atoms. The van der Waals surface area contributed by atoms with Crippen LogP contribution in [0.1, 0.15) is 35.9 Å². The van der Waals surface area contributed by atoms with E-state index in [0.29, 0.717) is 12.2 Å². The van der Waals surface area contributed by atoms with Crippen molar-refractivity contribution in [1.82, 2.24) is 24.3 Å². The molecule has 0 aliphatic carbocycles. The van der Waals surface area contributed by atoms with Crippen molar-refractivity contribution in [2.45, 2.75) is 25.2 Å². The summed E-state index contributed by atoms with van der Waals surface area (Å²) in [5, 5.41) is 3.18. The van der Waals surface area contributed by atoms with Gasteiger partial charge in [-0.3, -0.25) is 9.78 Å². The van der Waals surface area contributed by atoms with Crippen molar-refractivity contribution < 1.29 is 4.79 Å². The summed E-state index contributed by atoms with van der Waals surface area (Å²) in [5.74, 6) is 0.783. The second kappa shape index (κ2) is 6.40. The molecule has 1 unspecified atom stereocenters. The molecule has 1 saturated heterocycles. The van der Waals surface area contributed by atoms with Crippen molar-refractivity contribution in [1.29, 1.82) is 0 Å². The first-order valence-corrected chi connectivity index (χ1v) is 8.82. The van der Waals surface area contributed by atoms with Gasteiger partial charge in [0.05, 0.1) is 17.4 Å². The molecule has 1 aliphatic heterocycles. The largest absolute Gasteiger partial charge is 0.371 e. The first-order chi connectivity index (χ1) is 12.6. The second-order valence-electron chi connectivity index (χ2n) is 7.01. The summed E-state index contributed by atoms with van der Waals surface area (Å²) in [4.78, 5) is 27.7. The van der Waals surface area contributed by atoms with Crippen LogP contribution < -0.4 is 5.32 Å². The van der Waals surface area contributed by atoms with Gasteiger partial charge in [-0.1, -0.05) is 6.92 Å². The number of hydrogen-bond acceptors (Lipinski definition) is 5. The number of nitrogens with one attached hydrogen (secondary N) is 1. The SMILES string of the molecule is CNc1nc(C2(C)CCCN(C(=O)c3cnccn3)C2)cn2cccc12. The van der Waals surface area contributed by atoms with Gasteiger partial charge in [-0.2, -0.15) is 0 Å². The average molecular weight is 350 g/mol. The molecule has 1 aliphatic rings. The van der Waals surface area contributed by atoms with E-state index in [1.54, 1.807) is 12.4 Å². The van der Waals surface area contributed by atoms with Crippen LogP contribution in [0.25, 0.3) is 5.52 Å². The third-order valence-corrected chi connectivity index (χ3v) is 5.14. The molecule has 7 nitrogen and oxygen atoms in total. The van der Waals surface area contributed by atoms with Crippen LogP contribution in [-0.2, 0) is 5.41 Å². The van der Waals surface area contributed by atoms with E-state index in [0.717, 1.165) is 36.4 Å². The van der Waals surface area contributed by atoms with Crippen molar-refractivity contribution >= 4 is 17.2 Å². The Labute approximate surface area is 152 Å². The lowest BCUT2D eigenvalue weighted by Crippen LogP contribution is -2.47. The number of nitrogens with zero attached hydrogens (tertiary/aromatic N) is 5. The summed E-state index contributed by atoms with van der Waals surface area (Å²) in [5.41, 5.74) is 2.21. The minimum absolute atomic E-state index is 0.0695. The van der Waals surface area contributed by atoms with Crippen LogP contribution in [0.4, 0.5) is 5.82 Å². The average Bonchev–Trinajstić information content (AvgIpc) is 3.16. The molecule has 4 heterocycles. The number of rotatable bonds is 3. The van der Waals surface area contributed by atoms with Gasteiger partial charge in [0.25, 0.3) is 5.91 Å². The van der Waals surface area contributed by atoms with Crippen molar-refractivity contribution in [2.24, 2.45) is 0 Å². The Morgan fingerprint density at radius 3 is 3.00 bits per heavy atom. The zero-order valence-corrected chi connectivity index (χ0v) is 15.0. The lowest BCUT2D eigenvalue weighted by molar-refractivity contribution is 0.0641. The van der Waals surface area contributed by atoms with Crippen LogP contribution in [0.5, 0.6) is 0 Å². The van der Waals surface area contributed by atoms with Gasteiger partial charge >= 0.3 is 0 Å². The number of hydrogen-bond donors (Lipinski definition) is 1. The Hall–Kier alpha value is -2.96. The third-order valence-electron chi connectivity index (χ3n) is 5.14. The number of anilines is 1. The maximum absolute atomic E-state index is 12.8. The first-order valence-electron chi connectivity index (χ1n) is 8.82. The van der Waals surface area contributed by atoms with Gasteiger partial charge in [0.15, 0.2) is 0 Å². The molecule has 26 heavy (non-hydrogen) atoms. The van der Waals surface area contributed by atoms with Crippen molar-refractivity contribution in [3.05, 3.63) is 54.5 Å². The Bertz CT molecular complexity index is 938. The molecular formula is C19H22N6O. The highest BCUT2D eigenvalue weighted by Crippen LogP contribution is 2.34.